The van der Waals surface area contributed by atoms with Crippen LogP contribution in [0.5, 0.6) is 0 Å². The van der Waals surface area contributed by atoms with Gasteiger partial charge in [-0.2, -0.15) is 0 Å². The van der Waals surface area contributed by atoms with Gasteiger partial charge in [0.15, 0.2) is 5.76 Å². The second-order valence-corrected chi connectivity index (χ2v) is 4.21. The third-order valence-corrected chi connectivity index (χ3v) is 3.33. The number of hydrogen-bond acceptors (Lipinski definition) is 3. The minimum atomic E-state index is 0.0324. The maximum atomic E-state index is 11.9. The molecule has 2 fully saturated rings. The van der Waals surface area contributed by atoms with E-state index in [1.54, 1.807) is 18.4 Å². The number of amides is 1. The van der Waals surface area contributed by atoms with E-state index in [2.05, 4.69) is 5.32 Å². The summed E-state index contributed by atoms with van der Waals surface area (Å²) in [6, 6.07) is 4.38. The van der Waals surface area contributed by atoms with E-state index in [-0.39, 0.29) is 5.91 Å². The first-order chi connectivity index (χ1) is 7.36. The average molecular weight is 206 g/mol. The lowest BCUT2D eigenvalue weighted by atomic mass is 9.88. The summed E-state index contributed by atoms with van der Waals surface area (Å²) < 4.78 is 5.12. The first kappa shape index (κ1) is 8.97. The van der Waals surface area contributed by atoms with Crippen molar-refractivity contribution < 1.29 is 9.21 Å². The first-order valence-electron chi connectivity index (χ1n) is 5.44. The Balaban J connectivity index is 1.72. The molecule has 0 spiro atoms. The number of carbonyl (C=O) groups is 1. The van der Waals surface area contributed by atoms with E-state index in [4.69, 9.17) is 4.42 Å². The van der Waals surface area contributed by atoms with Gasteiger partial charge in [0.05, 0.1) is 6.26 Å². The van der Waals surface area contributed by atoms with Crippen molar-refractivity contribution in [2.24, 2.45) is 0 Å². The smallest absolute Gasteiger partial charge is 0.289 e. The number of nitrogens with one attached hydrogen (secondary N) is 1. The summed E-state index contributed by atoms with van der Waals surface area (Å²) in [5.41, 5.74) is 0. The molecule has 3 heterocycles. The average Bonchev–Trinajstić information content (AvgIpc) is 2.72. The first-order valence-corrected chi connectivity index (χ1v) is 5.44. The van der Waals surface area contributed by atoms with Gasteiger partial charge < -0.3 is 14.6 Å². The molecule has 0 saturated carbocycles. The lowest BCUT2D eigenvalue weighted by molar-refractivity contribution is 0.0148. The highest BCUT2D eigenvalue weighted by Gasteiger charge is 2.43. The van der Waals surface area contributed by atoms with E-state index < -0.39 is 0 Å². The number of piperidine rings is 1. The summed E-state index contributed by atoms with van der Waals surface area (Å²) in [6.07, 6.45) is 3.82. The number of likely N-dealkylation sites (tertiary alicyclic amines) is 1. The molecule has 2 unspecified atom stereocenters. The van der Waals surface area contributed by atoms with Crippen molar-refractivity contribution in [1.29, 1.82) is 0 Å². The van der Waals surface area contributed by atoms with Crippen LogP contribution in [0.15, 0.2) is 22.8 Å². The predicted molar refractivity (Wildman–Crippen MR) is 54.6 cm³/mol. The molecule has 1 amide bonds. The van der Waals surface area contributed by atoms with Crippen LogP contribution in [0.4, 0.5) is 0 Å². The number of hydrogen-bond donors (Lipinski definition) is 1. The van der Waals surface area contributed by atoms with Crippen molar-refractivity contribution >= 4 is 5.91 Å². The predicted octanol–water partition coefficient (Wildman–Crippen LogP) is 0.856. The summed E-state index contributed by atoms with van der Waals surface area (Å²) in [6.45, 7) is 1.91. The standard InChI is InChI=1S/C11H14N2O2/c14-11(10-4-2-6-15-10)13-7-8-9(13)3-1-5-12-8/h2,4,6,8-9,12H,1,3,5,7H2. The fourth-order valence-electron chi connectivity index (χ4n) is 2.48. The third kappa shape index (κ3) is 1.36. The molecule has 4 nitrogen and oxygen atoms in total. The minimum absolute atomic E-state index is 0.0324. The summed E-state index contributed by atoms with van der Waals surface area (Å²) >= 11 is 0. The van der Waals surface area contributed by atoms with Crippen LogP contribution >= 0.6 is 0 Å². The van der Waals surface area contributed by atoms with Gasteiger partial charge in [0.2, 0.25) is 0 Å². The van der Waals surface area contributed by atoms with Gasteiger partial charge in [0, 0.05) is 18.6 Å². The molecule has 0 radical (unpaired) electrons. The van der Waals surface area contributed by atoms with Gasteiger partial charge in [0.25, 0.3) is 5.91 Å². The molecule has 2 saturated heterocycles. The molecule has 1 aromatic rings. The fraction of sp³-hybridized carbons (Fsp3) is 0.545. The summed E-state index contributed by atoms with van der Waals surface area (Å²) in [5.74, 6) is 0.490. The highest BCUT2D eigenvalue weighted by Crippen LogP contribution is 2.27. The Labute approximate surface area is 88.2 Å². The van der Waals surface area contributed by atoms with Gasteiger partial charge >= 0.3 is 0 Å². The zero-order chi connectivity index (χ0) is 10.3. The zero-order valence-corrected chi connectivity index (χ0v) is 8.48. The molecule has 15 heavy (non-hydrogen) atoms. The van der Waals surface area contributed by atoms with Gasteiger partial charge in [-0.1, -0.05) is 0 Å². The number of rotatable bonds is 1. The van der Waals surface area contributed by atoms with Crippen molar-refractivity contribution in [2.75, 3.05) is 13.1 Å². The van der Waals surface area contributed by atoms with Crippen molar-refractivity contribution in [3.8, 4) is 0 Å². The normalized spacial score (nSPS) is 29.5. The van der Waals surface area contributed by atoms with E-state index in [9.17, 15) is 4.79 Å². The highest BCUT2D eigenvalue weighted by atomic mass is 16.3. The lowest BCUT2D eigenvalue weighted by Crippen LogP contribution is -2.69. The monoisotopic (exact) mass is 206 g/mol. The van der Waals surface area contributed by atoms with Gasteiger partial charge in [-0.25, -0.2) is 0 Å². The topological polar surface area (TPSA) is 45.5 Å². The van der Waals surface area contributed by atoms with E-state index >= 15 is 0 Å². The van der Waals surface area contributed by atoms with Gasteiger partial charge in [-0.3, -0.25) is 4.79 Å². The van der Waals surface area contributed by atoms with Crippen molar-refractivity contribution in [3.05, 3.63) is 24.2 Å². The van der Waals surface area contributed by atoms with Crippen LogP contribution in [0.1, 0.15) is 23.4 Å². The van der Waals surface area contributed by atoms with Crippen LogP contribution in [-0.4, -0.2) is 36.0 Å². The Morgan fingerprint density at radius 1 is 1.60 bits per heavy atom. The molecular weight excluding hydrogens is 192 g/mol. The molecule has 0 bridgehead atoms. The van der Waals surface area contributed by atoms with Gasteiger partial charge in [-0.15, -0.1) is 0 Å². The number of furan rings is 1. The van der Waals surface area contributed by atoms with E-state index in [1.807, 2.05) is 4.90 Å². The second kappa shape index (κ2) is 3.38. The Kier molecular flexibility index (Phi) is 2.02. The molecule has 2 aliphatic heterocycles. The molecule has 1 N–H and O–H groups in total. The molecule has 0 aliphatic carbocycles. The molecule has 2 atom stereocenters. The van der Waals surface area contributed by atoms with Crippen LogP contribution in [0.3, 0.4) is 0 Å². The molecule has 0 aromatic carbocycles. The van der Waals surface area contributed by atoms with E-state index in [0.29, 0.717) is 17.8 Å². The van der Waals surface area contributed by atoms with Crippen molar-refractivity contribution in [1.82, 2.24) is 10.2 Å². The summed E-state index contributed by atoms with van der Waals surface area (Å²) in [7, 11) is 0. The molecular formula is C11H14N2O2. The summed E-state index contributed by atoms with van der Waals surface area (Å²) in [4.78, 5) is 13.9. The Bertz CT molecular complexity index is 361. The fourth-order valence-corrected chi connectivity index (χ4v) is 2.48. The molecule has 2 aliphatic rings. The highest BCUT2D eigenvalue weighted by molar-refractivity contribution is 5.92. The third-order valence-electron chi connectivity index (χ3n) is 3.33. The van der Waals surface area contributed by atoms with Crippen LogP contribution in [-0.2, 0) is 0 Å². The molecule has 80 valence electrons. The number of fused-ring (bicyclic) bond motifs is 1. The number of carbonyl (C=O) groups excluding carboxylic acids is 1. The van der Waals surface area contributed by atoms with Crippen molar-refractivity contribution in [3.63, 3.8) is 0 Å². The largest absolute Gasteiger partial charge is 0.459 e. The number of nitrogens with zero attached hydrogens (tertiary/aromatic N) is 1. The maximum Gasteiger partial charge on any atom is 0.289 e. The molecule has 3 rings (SSSR count). The van der Waals surface area contributed by atoms with Crippen LogP contribution in [0, 0.1) is 0 Å². The summed E-state index contributed by atoms with van der Waals surface area (Å²) in [5, 5.41) is 3.42. The Hall–Kier alpha value is -1.29. The second-order valence-electron chi connectivity index (χ2n) is 4.21. The molecule has 4 heteroatoms. The SMILES string of the molecule is O=C(c1ccco1)N1CC2NCCCC21. The quantitative estimate of drug-likeness (QED) is 0.741. The Morgan fingerprint density at radius 2 is 2.53 bits per heavy atom. The van der Waals surface area contributed by atoms with E-state index in [0.717, 1.165) is 25.9 Å². The minimum Gasteiger partial charge on any atom is -0.459 e. The van der Waals surface area contributed by atoms with E-state index in [1.165, 1.54) is 0 Å². The zero-order valence-electron chi connectivity index (χ0n) is 8.48. The van der Waals surface area contributed by atoms with Crippen LogP contribution in [0.25, 0.3) is 0 Å². The maximum absolute atomic E-state index is 11.9. The van der Waals surface area contributed by atoms with Gasteiger partial charge in [0.1, 0.15) is 0 Å². The lowest BCUT2D eigenvalue weighted by Gasteiger charge is -2.50. The van der Waals surface area contributed by atoms with Crippen LogP contribution in [0.2, 0.25) is 0 Å². The Morgan fingerprint density at radius 3 is 3.27 bits per heavy atom. The van der Waals surface area contributed by atoms with Crippen molar-refractivity contribution in [2.45, 2.75) is 24.9 Å². The molecule has 1 aromatic heterocycles. The van der Waals surface area contributed by atoms with Gasteiger partial charge in [-0.05, 0) is 31.5 Å². The van der Waals surface area contributed by atoms with Crippen LogP contribution < -0.4 is 5.32 Å².